The van der Waals surface area contributed by atoms with E-state index in [4.69, 9.17) is 22.4 Å². The number of halogens is 1. The van der Waals surface area contributed by atoms with E-state index in [1.54, 1.807) is 6.20 Å². The molecular weight excluding hydrogens is 250 g/mol. The second-order valence-corrected chi connectivity index (χ2v) is 5.16. The summed E-state index contributed by atoms with van der Waals surface area (Å²) >= 11 is 6.33. The van der Waals surface area contributed by atoms with Gasteiger partial charge in [0.2, 0.25) is 0 Å². The van der Waals surface area contributed by atoms with Crippen molar-refractivity contribution in [1.29, 1.82) is 0 Å². The number of nitrogens with zero attached hydrogens (tertiary/aromatic N) is 2. The smallest absolute Gasteiger partial charge is 0.147 e. The molecule has 5 heteroatoms. The van der Waals surface area contributed by atoms with Gasteiger partial charge in [-0.25, -0.2) is 4.98 Å². The van der Waals surface area contributed by atoms with Gasteiger partial charge in [0.05, 0.1) is 5.02 Å². The number of anilines is 1. The van der Waals surface area contributed by atoms with Crippen molar-refractivity contribution in [2.75, 3.05) is 24.6 Å². The van der Waals surface area contributed by atoms with Crippen LogP contribution in [0.25, 0.3) is 0 Å². The standard InChI is InChI=1S/C13H20ClN3O/c14-12-11(8-15)3-5-16-13(12)17-6-1-2-10(9-17)4-7-18/h3,5,10,18H,1-2,4,6-9,15H2. The molecule has 2 rings (SSSR count). The highest BCUT2D eigenvalue weighted by molar-refractivity contribution is 6.33. The molecule has 1 aromatic rings. The van der Waals surface area contributed by atoms with Crippen molar-refractivity contribution in [3.05, 3.63) is 22.8 Å². The molecule has 0 amide bonds. The zero-order valence-electron chi connectivity index (χ0n) is 10.5. The molecule has 3 N–H and O–H groups in total. The van der Waals surface area contributed by atoms with Gasteiger partial charge in [-0.1, -0.05) is 11.6 Å². The Bertz CT molecular complexity index is 398. The lowest BCUT2D eigenvalue weighted by Gasteiger charge is -2.34. The van der Waals surface area contributed by atoms with Crippen molar-refractivity contribution in [2.24, 2.45) is 11.7 Å². The van der Waals surface area contributed by atoms with E-state index in [1.165, 1.54) is 6.42 Å². The van der Waals surface area contributed by atoms with E-state index in [1.807, 2.05) is 6.07 Å². The maximum absolute atomic E-state index is 9.04. The molecular formula is C13H20ClN3O. The van der Waals surface area contributed by atoms with Gasteiger partial charge in [0.15, 0.2) is 0 Å². The highest BCUT2D eigenvalue weighted by atomic mass is 35.5. The molecule has 18 heavy (non-hydrogen) atoms. The van der Waals surface area contributed by atoms with Gasteiger partial charge in [0.1, 0.15) is 5.82 Å². The van der Waals surface area contributed by atoms with E-state index in [0.29, 0.717) is 17.5 Å². The predicted octanol–water partition coefficient (Wildman–Crippen LogP) is 1.79. The fourth-order valence-electron chi connectivity index (χ4n) is 2.53. The summed E-state index contributed by atoms with van der Waals surface area (Å²) in [5, 5.41) is 9.71. The van der Waals surface area contributed by atoms with Gasteiger partial charge in [-0.2, -0.15) is 0 Å². The quantitative estimate of drug-likeness (QED) is 0.875. The van der Waals surface area contributed by atoms with Crippen LogP contribution in [0.1, 0.15) is 24.8 Å². The fourth-order valence-corrected chi connectivity index (χ4v) is 2.83. The van der Waals surface area contributed by atoms with Crippen molar-refractivity contribution >= 4 is 17.4 Å². The van der Waals surface area contributed by atoms with Crippen molar-refractivity contribution in [3.63, 3.8) is 0 Å². The normalized spacial score (nSPS) is 20.2. The molecule has 0 aliphatic carbocycles. The zero-order valence-corrected chi connectivity index (χ0v) is 11.2. The average molecular weight is 270 g/mol. The van der Waals surface area contributed by atoms with Gasteiger partial charge in [-0.3, -0.25) is 0 Å². The number of rotatable bonds is 4. The zero-order chi connectivity index (χ0) is 13.0. The third-order valence-electron chi connectivity index (χ3n) is 3.53. The number of piperidine rings is 1. The lowest BCUT2D eigenvalue weighted by molar-refractivity contribution is 0.244. The maximum atomic E-state index is 9.04. The molecule has 1 unspecified atom stereocenters. The van der Waals surface area contributed by atoms with Crippen molar-refractivity contribution < 1.29 is 5.11 Å². The van der Waals surface area contributed by atoms with Crippen LogP contribution >= 0.6 is 11.6 Å². The van der Waals surface area contributed by atoms with Crippen LogP contribution in [0.3, 0.4) is 0 Å². The van der Waals surface area contributed by atoms with Crippen molar-refractivity contribution in [3.8, 4) is 0 Å². The van der Waals surface area contributed by atoms with Gasteiger partial charge < -0.3 is 15.7 Å². The molecule has 0 spiro atoms. The molecule has 2 heterocycles. The molecule has 1 aliphatic rings. The first-order valence-corrected chi connectivity index (χ1v) is 6.83. The highest BCUT2D eigenvalue weighted by Gasteiger charge is 2.22. The number of aromatic nitrogens is 1. The van der Waals surface area contributed by atoms with Crippen LogP contribution < -0.4 is 10.6 Å². The van der Waals surface area contributed by atoms with Crippen LogP contribution in [0.4, 0.5) is 5.82 Å². The van der Waals surface area contributed by atoms with Crippen LogP contribution in [0.2, 0.25) is 5.02 Å². The molecule has 1 fully saturated rings. The molecule has 100 valence electrons. The molecule has 1 saturated heterocycles. The summed E-state index contributed by atoms with van der Waals surface area (Å²) in [5.41, 5.74) is 6.60. The Morgan fingerprint density at radius 1 is 1.56 bits per heavy atom. The first-order chi connectivity index (χ1) is 8.76. The Balaban J connectivity index is 2.15. The summed E-state index contributed by atoms with van der Waals surface area (Å²) in [6.07, 6.45) is 4.91. The van der Waals surface area contributed by atoms with Gasteiger partial charge in [0.25, 0.3) is 0 Å². The summed E-state index contributed by atoms with van der Waals surface area (Å²) in [6.45, 7) is 2.58. The number of pyridine rings is 1. The van der Waals surface area contributed by atoms with Crippen LogP contribution in [0.5, 0.6) is 0 Å². The monoisotopic (exact) mass is 269 g/mol. The van der Waals surface area contributed by atoms with E-state index in [2.05, 4.69) is 9.88 Å². The largest absolute Gasteiger partial charge is 0.396 e. The lowest BCUT2D eigenvalue weighted by atomic mass is 9.95. The van der Waals surface area contributed by atoms with Crippen LogP contribution in [-0.2, 0) is 6.54 Å². The van der Waals surface area contributed by atoms with Gasteiger partial charge in [-0.05, 0) is 36.8 Å². The Hall–Kier alpha value is -0.840. The average Bonchev–Trinajstić information content (AvgIpc) is 2.40. The van der Waals surface area contributed by atoms with Gasteiger partial charge in [-0.15, -0.1) is 0 Å². The minimum absolute atomic E-state index is 0.252. The Morgan fingerprint density at radius 3 is 3.11 bits per heavy atom. The molecule has 1 aliphatic heterocycles. The number of nitrogens with two attached hydrogens (primary N) is 1. The maximum Gasteiger partial charge on any atom is 0.147 e. The number of aliphatic hydroxyl groups excluding tert-OH is 1. The number of hydrogen-bond donors (Lipinski definition) is 2. The third kappa shape index (κ3) is 2.94. The molecule has 0 bridgehead atoms. The molecule has 0 aromatic carbocycles. The summed E-state index contributed by atoms with van der Waals surface area (Å²) in [5.74, 6) is 1.37. The van der Waals surface area contributed by atoms with Crippen molar-refractivity contribution in [1.82, 2.24) is 4.98 Å². The number of aliphatic hydroxyl groups is 1. The Labute approximate surface area is 113 Å². The third-order valence-corrected chi connectivity index (χ3v) is 3.94. The van der Waals surface area contributed by atoms with Crippen molar-refractivity contribution in [2.45, 2.75) is 25.8 Å². The molecule has 4 nitrogen and oxygen atoms in total. The Kier molecular flexibility index (Phi) is 4.80. The first-order valence-electron chi connectivity index (χ1n) is 6.45. The first kappa shape index (κ1) is 13.6. The topological polar surface area (TPSA) is 62.4 Å². The second-order valence-electron chi connectivity index (χ2n) is 4.78. The molecule has 0 saturated carbocycles. The van der Waals surface area contributed by atoms with Crippen LogP contribution in [0, 0.1) is 5.92 Å². The van der Waals surface area contributed by atoms with E-state index in [-0.39, 0.29) is 6.61 Å². The number of hydrogen-bond acceptors (Lipinski definition) is 4. The van der Waals surface area contributed by atoms with E-state index >= 15 is 0 Å². The SMILES string of the molecule is NCc1ccnc(N2CCCC(CCO)C2)c1Cl. The lowest BCUT2D eigenvalue weighted by Crippen LogP contribution is -2.36. The van der Waals surface area contributed by atoms with Gasteiger partial charge in [0, 0.05) is 32.4 Å². The minimum Gasteiger partial charge on any atom is -0.396 e. The Morgan fingerprint density at radius 2 is 2.39 bits per heavy atom. The molecule has 1 aromatic heterocycles. The van der Waals surface area contributed by atoms with Crippen LogP contribution in [0.15, 0.2) is 12.3 Å². The van der Waals surface area contributed by atoms with E-state index < -0.39 is 0 Å². The molecule has 0 radical (unpaired) electrons. The van der Waals surface area contributed by atoms with E-state index in [9.17, 15) is 0 Å². The summed E-state index contributed by atoms with van der Waals surface area (Å²) < 4.78 is 0. The van der Waals surface area contributed by atoms with Crippen LogP contribution in [-0.4, -0.2) is 29.8 Å². The highest BCUT2D eigenvalue weighted by Crippen LogP contribution is 2.30. The summed E-state index contributed by atoms with van der Waals surface area (Å²) in [7, 11) is 0. The summed E-state index contributed by atoms with van der Waals surface area (Å²) in [4.78, 5) is 6.59. The predicted molar refractivity (Wildman–Crippen MR) is 73.8 cm³/mol. The van der Waals surface area contributed by atoms with E-state index in [0.717, 1.165) is 37.3 Å². The molecule has 1 atom stereocenters. The second kappa shape index (κ2) is 6.36. The summed E-state index contributed by atoms with van der Waals surface area (Å²) in [6, 6.07) is 1.86. The minimum atomic E-state index is 0.252. The fraction of sp³-hybridized carbons (Fsp3) is 0.615. The van der Waals surface area contributed by atoms with Gasteiger partial charge >= 0.3 is 0 Å².